The Labute approximate surface area is 359 Å². The number of nitrogens with one attached hydrogen (secondary N) is 4. The Kier molecular flexibility index (Phi) is 17.2. The molecule has 0 saturated carbocycles. The molecule has 0 aliphatic carbocycles. The summed E-state index contributed by atoms with van der Waals surface area (Å²) in [5.74, 6) is -1.36. The molecule has 0 spiro atoms. The second-order valence-electron chi connectivity index (χ2n) is 16.3. The Morgan fingerprint density at radius 2 is 1.07 bits per heavy atom. The molecule has 3 aromatic heterocycles. The summed E-state index contributed by atoms with van der Waals surface area (Å²) in [6.45, 7) is 4.91. The predicted molar refractivity (Wildman–Crippen MR) is 240 cm³/mol. The number of carbonyl (C=O) groups is 4. The smallest absolute Gasteiger partial charge is 0.328 e. The molecule has 5 aromatic rings. The number of rotatable bonds is 25. The van der Waals surface area contributed by atoms with Crippen molar-refractivity contribution in [3.05, 3.63) is 96.4 Å². The standard InChI is InChI=1S/C49H64N6O6/c1-3-5-7-9-11-19-29-60-48(58)41(31-35-33-51-39-23-15-13-21-37(35)39)53-46(56)43-26-27-44(55(43)45-25-17-18-28-50-45)47(57)54-42(49(59)61-30-20-12-10-8-6-4-2)32-36-34-52-40-24-16-14-22-38(36)40/h13-18,21-25,28,33-34,41-44,51-52H,3-12,19-20,26-27,29-32H2,1-2H3,(H,53,56)(H,54,57)/t41-,42-,43-,44-/m0/s1. The van der Waals surface area contributed by atoms with Crippen molar-refractivity contribution in [2.45, 2.75) is 141 Å². The maximum atomic E-state index is 14.5. The van der Waals surface area contributed by atoms with Crippen LogP contribution in [0.25, 0.3) is 21.8 Å². The fraction of sp³-hybridized carbons (Fsp3) is 0.490. The van der Waals surface area contributed by atoms with Crippen molar-refractivity contribution in [1.29, 1.82) is 0 Å². The van der Waals surface area contributed by atoms with Gasteiger partial charge in [0.2, 0.25) is 11.8 Å². The largest absolute Gasteiger partial charge is 0.464 e. The number of pyridine rings is 1. The maximum absolute atomic E-state index is 14.5. The van der Waals surface area contributed by atoms with Crippen molar-refractivity contribution in [2.75, 3.05) is 18.1 Å². The van der Waals surface area contributed by atoms with Crippen LogP contribution in [-0.2, 0) is 41.5 Å². The molecule has 4 N–H and O–H groups in total. The average Bonchev–Trinajstić information content (AvgIpc) is 4.03. The normalized spacial score (nSPS) is 16.1. The first kappa shape index (κ1) is 44.9. The molecule has 4 heterocycles. The highest BCUT2D eigenvalue weighted by atomic mass is 16.5. The van der Waals surface area contributed by atoms with Gasteiger partial charge in [0.05, 0.1) is 13.2 Å². The first-order chi connectivity index (χ1) is 29.9. The lowest BCUT2D eigenvalue weighted by Crippen LogP contribution is -2.56. The van der Waals surface area contributed by atoms with Gasteiger partial charge in [-0.15, -0.1) is 0 Å². The molecule has 1 aliphatic heterocycles. The number of esters is 2. The van der Waals surface area contributed by atoms with Gasteiger partial charge >= 0.3 is 11.9 Å². The Balaban J connectivity index is 1.18. The van der Waals surface area contributed by atoms with Gasteiger partial charge in [-0.25, -0.2) is 14.6 Å². The van der Waals surface area contributed by atoms with Gasteiger partial charge < -0.3 is 35.0 Å². The summed E-state index contributed by atoms with van der Waals surface area (Å²) < 4.78 is 11.6. The zero-order valence-corrected chi connectivity index (χ0v) is 36.0. The summed E-state index contributed by atoms with van der Waals surface area (Å²) in [5, 5.41) is 8.00. The van der Waals surface area contributed by atoms with Crippen LogP contribution in [0.4, 0.5) is 5.82 Å². The predicted octanol–water partition coefficient (Wildman–Crippen LogP) is 8.64. The molecule has 326 valence electrons. The van der Waals surface area contributed by atoms with E-state index in [4.69, 9.17) is 9.47 Å². The summed E-state index contributed by atoms with van der Waals surface area (Å²) in [4.78, 5) is 69.3. The number of H-pyrrole nitrogens is 2. The lowest BCUT2D eigenvalue weighted by atomic mass is 10.0. The number of benzene rings is 2. The van der Waals surface area contributed by atoms with Gasteiger partial charge in [0.1, 0.15) is 30.0 Å². The lowest BCUT2D eigenvalue weighted by Gasteiger charge is -2.31. The van der Waals surface area contributed by atoms with Crippen molar-refractivity contribution >= 4 is 51.4 Å². The minimum Gasteiger partial charge on any atom is -0.464 e. The topological polar surface area (TPSA) is 159 Å². The Bertz CT molecular complexity index is 2020. The van der Waals surface area contributed by atoms with Gasteiger partial charge in [-0.2, -0.15) is 0 Å². The second-order valence-corrected chi connectivity index (χ2v) is 16.3. The van der Waals surface area contributed by atoms with E-state index in [0.717, 1.165) is 97.1 Å². The number of unbranched alkanes of at least 4 members (excludes halogenated alkanes) is 10. The third kappa shape index (κ3) is 12.5. The summed E-state index contributed by atoms with van der Waals surface area (Å²) >= 11 is 0. The van der Waals surface area contributed by atoms with Gasteiger partial charge in [0.15, 0.2) is 0 Å². The molecule has 1 saturated heterocycles. The third-order valence-corrected chi connectivity index (χ3v) is 11.8. The number of fused-ring (bicyclic) bond motifs is 2. The number of carbonyl (C=O) groups excluding carboxylic acids is 4. The number of para-hydroxylation sites is 2. The van der Waals surface area contributed by atoms with Gasteiger partial charge in [0, 0.05) is 53.2 Å². The highest BCUT2D eigenvalue weighted by molar-refractivity contribution is 5.96. The van der Waals surface area contributed by atoms with Gasteiger partial charge in [-0.3, -0.25) is 9.59 Å². The quantitative estimate of drug-likeness (QED) is 0.0336. The number of ether oxygens (including phenoxy) is 2. The Morgan fingerprint density at radius 3 is 1.52 bits per heavy atom. The molecule has 2 amide bonds. The number of aromatic nitrogens is 3. The minimum atomic E-state index is -0.966. The molecule has 12 heteroatoms. The molecule has 61 heavy (non-hydrogen) atoms. The molecule has 0 radical (unpaired) electrons. The van der Waals surface area contributed by atoms with Crippen molar-refractivity contribution in [1.82, 2.24) is 25.6 Å². The number of amides is 2. The highest BCUT2D eigenvalue weighted by Crippen LogP contribution is 2.31. The molecule has 1 fully saturated rings. The van der Waals surface area contributed by atoms with E-state index >= 15 is 0 Å². The van der Waals surface area contributed by atoms with Crippen LogP contribution in [-0.4, -0.2) is 76.1 Å². The van der Waals surface area contributed by atoms with E-state index in [1.165, 1.54) is 12.8 Å². The van der Waals surface area contributed by atoms with E-state index < -0.39 is 47.9 Å². The maximum Gasteiger partial charge on any atom is 0.328 e. The molecular weight excluding hydrogens is 769 g/mol. The number of nitrogens with zero attached hydrogens (tertiary/aromatic N) is 2. The Morgan fingerprint density at radius 1 is 0.623 bits per heavy atom. The zero-order chi connectivity index (χ0) is 42.8. The molecule has 12 nitrogen and oxygen atoms in total. The highest BCUT2D eigenvalue weighted by Gasteiger charge is 2.44. The fourth-order valence-corrected chi connectivity index (χ4v) is 8.43. The molecule has 6 rings (SSSR count). The fourth-order valence-electron chi connectivity index (χ4n) is 8.43. The summed E-state index contributed by atoms with van der Waals surface area (Å²) in [5.41, 5.74) is 3.63. The molecule has 0 bridgehead atoms. The molecular formula is C49H64N6O6. The van der Waals surface area contributed by atoms with Crippen molar-refractivity contribution in [2.24, 2.45) is 0 Å². The van der Waals surface area contributed by atoms with Crippen molar-refractivity contribution in [3.8, 4) is 0 Å². The van der Waals surface area contributed by atoms with Crippen LogP contribution in [0.2, 0.25) is 0 Å². The number of aromatic amines is 2. The number of anilines is 1. The van der Waals surface area contributed by atoms with Crippen LogP contribution < -0.4 is 15.5 Å². The van der Waals surface area contributed by atoms with E-state index in [1.807, 2.05) is 67.0 Å². The average molecular weight is 833 g/mol. The SMILES string of the molecule is CCCCCCCCOC(=O)[C@H](Cc1c[nH]c2ccccc12)NC(=O)[C@@H]1CC[C@@H](C(=O)N[C@@H](Cc2c[nH]c3ccccc23)C(=O)OCCCCCCCC)N1c1ccccn1. The van der Waals surface area contributed by atoms with Crippen LogP contribution in [0.1, 0.15) is 115 Å². The van der Waals surface area contributed by atoms with Crippen LogP contribution in [0.3, 0.4) is 0 Å². The summed E-state index contributed by atoms with van der Waals surface area (Å²) in [6.07, 6.45) is 19.1. The monoisotopic (exact) mass is 832 g/mol. The number of hydrogen-bond donors (Lipinski definition) is 4. The first-order valence-corrected chi connectivity index (χ1v) is 22.6. The van der Waals surface area contributed by atoms with Crippen LogP contribution in [0, 0.1) is 0 Å². The summed E-state index contributed by atoms with van der Waals surface area (Å²) in [7, 11) is 0. The van der Waals surface area contributed by atoms with E-state index in [0.29, 0.717) is 18.7 Å². The van der Waals surface area contributed by atoms with E-state index in [-0.39, 0.29) is 26.1 Å². The summed E-state index contributed by atoms with van der Waals surface area (Å²) in [6, 6.07) is 17.5. The van der Waals surface area contributed by atoms with Crippen LogP contribution in [0.15, 0.2) is 85.3 Å². The molecule has 4 atom stereocenters. The Hall–Kier alpha value is -5.65. The zero-order valence-electron chi connectivity index (χ0n) is 36.0. The van der Waals surface area contributed by atoms with Crippen molar-refractivity contribution in [3.63, 3.8) is 0 Å². The van der Waals surface area contributed by atoms with E-state index in [2.05, 4.69) is 39.4 Å². The number of hydrogen-bond acceptors (Lipinski definition) is 8. The van der Waals surface area contributed by atoms with Crippen molar-refractivity contribution < 1.29 is 28.7 Å². The first-order valence-electron chi connectivity index (χ1n) is 22.6. The molecule has 2 aromatic carbocycles. The van der Waals surface area contributed by atoms with Gasteiger partial charge in [0.25, 0.3) is 0 Å². The molecule has 0 unspecified atom stereocenters. The van der Waals surface area contributed by atoms with Gasteiger partial charge in [-0.05, 0) is 61.1 Å². The van der Waals surface area contributed by atoms with E-state index in [9.17, 15) is 19.2 Å². The van der Waals surface area contributed by atoms with Gasteiger partial charge in [-0.1, -0.05) is 121 Å². The second kappa shape index (κ2) is 23.4. The van der Waals surface area contributed by atoms with Crippen LogP contribution in [0.5, 0.6) is 0 Å². The van der Waals surface area contributed by atoms with Crippen LogP contribution >= 0.6 is 0 Å². The minimum absolute atomic E-state index is 0.224. The third-order valence-electron chi connectivity index (χ3n) is 11.8. The lowest BCUT2D eigenvalue weighted by molar-refractivity contribution is -0.148. The van der Waals surface area contributed by atoms with E-state index in [1.54, 1.807) is 23.2 Å². The molecule has 1 aliphatic rings.